The van der Waals surface area contributed by atoms with Crippen LogP contribution >= 0.6 is 0 Å². The lowest BCUT2D eigenvalue weighted by molar-refractivity contribution is 0.185. The summed E-state index contributed by atoms with van der Waals surface area (Å²) in [6.45, 7) is 6.92. The van der Waals surface area contributed by atoms with Gasteiger partial charge in [0.15, 0.2) is 0 Å². The van der Waals surface area contributed by atoms with Crippen molar-refractivity contribution in [3.8, 4) is 0 Å². The quantitative estimate of drug-likeness (QED) is 0.588. The normalized spacial score (nSPS) is 21.7. The van der Waals surface area contributed by atoms with Gasteiger partial charge in [-0.25, -0.2) is 0 Å². The molecule has 1 heteroatoms. The van der Waals surface area contributed by atoms with E-state index in [2.05, 4.69) is 18.8 Å². The van der Waals surface area contributed by atoms with Crippen LogP contribution in [0.25, 0.3) is 0 Å². The first-order valence-electron chi connectivity index (χ1n) is 4.19. The zero-order valence-corrected chi connectivity index (χ0v) is 6.82. The number of hydrogen-bond acceptors (Lipinski definition) is 1. The lowest BCUT2D eigenvalue weighted by Crippen LogP contribution is -2.50. The SMILES string of the molecule is C=CCNC1(CC)CCC1. The van der Waals surface area contributed by atoms with E-state index in [-0.39, 0.29) is 0 Å². The van der Waals surface area contributed by atoms with Crippen molar-refractivity contribution < 1.29 is 0 Å². The molecule has 1 aliphatic rings. The van der Waals surface area contributed by atoms with Crippen molar-refractivity contribution in [2.75, 3.05) is 6.54 Å². The van der Waals surface area contributed by atoms with E-state index in [1.807, 2.05) is 6.08 Å². The van der Waals surface area contributed by atoms with E-state index in [0.29, 0.717) is 5.54 Å². The standard InChI is InChI=1S/C9H17N/c1-3-8-10-9(4-2)6-5-7-9/h3,10H,1,4-8H2,2H3. The van der Waals surface area contributed by atoms with Crippen molar-refractivity contribution in [1.82, 2.24) is 5.32 Å². The van der Waals surface area contributed by atoms with Crippen LogP contribution in [0, 0.1) is 0 Å². The highest BCUT2D eigenvalue weighted by Crippen LogP contribution is 2.34. The molecule has 0 aromatic heterocycles. The second-order valence-corrected chi connectivity index (χ2v) is 3.16. The highest BCUT2D eigenvalue weighted by atomic mass is 15.0. The number of nitrogens with one attached hydrogen (secondary N) is 1. The summed E-state index contributed by atoms with van der Waals surface area (Å²) in [6.07, 6.45) is 7.32. The Kier molecular flexibility index (Phi) is 2.50. The van der Waals surface area contributed by atoms with Crippen LogP contribution in [0.15, 0.2) is 12.7 Å². The maximum absolute atomic E-state index is 3.69. The third-order valence-corrected chi connectivity index (χ3v) is 2.61. The maximum atomic E-state index is 3.69. The molecule has 0 aromatic carbocycles. The Hall–Kier alpha value is -0.300. The molecule has 1 fully saturated rings. The van der Waals surface area contributed by atoms with Gasteiger partial charge in [0, 0.05) is 12.1 Å². The minimum absolute atomic E-state index is 0.494. The van der Waals surface area contributed by atoms with E-state index in [9.17, 15) is 0 Å². The molecule has 58 valence electrons. The van der Waals surface area contributed by atoms with Crippen LogP contribution in [0.1, 0.15) is 32.6 Å². The molecule has 0 amide bonds. The molecule has 0 heterocycles. The topological polar surface area (TPSA) is 12.0 Å². The fraction of sp³-hybridized carbons (Fsp3) is 0.778. The van der Waals surface area contributed by atoms with Crippen LogP contribution in [-0.4, -0.2) is 12.1 Å². The van der Waals surface area contributed by atoms with Crippen LogP contribution in [0.2, 0.25) is 0 Å². The highest BCUT2D eigenvalue weighted by molar-refractivity contribution is 4.95. The molecule has 1 rings (SSSR count). The van der Waals surface area contributed by atoms with Gasteiger partial charge in [-0.15, -0.1) is 6.58 Å². The molecule has 0 aromatic rings. The molecular weight excluding hydrogens is 122 g/mol. The molecule has 0 saturated heterocycles. The first-order valence-corrected chi connectivity index (χ1v) is 4.19. The molecule has 10 heavy (non-hydrogen) atoms. The smallest absolute Gasteiger partial charge is 0.0181 e. The van der Waals surface area contributed by atoms with Gasteiger partial charge in [0.1, 0.15) is 0 Å². The zero-order valence-electron chi connectivity index (χ0n) is 6.82. The first kappa shape index (κ1) is 7.80. The van der Waals surface area contributed by atoms with Gasteiger partial charge in [0.2, 0.25) is 0 Å². The Morgan fingerprint density at radius 2 is 2.30 bits per heavy atom. The number of rotatable bonds is 4. The van der Waals surface area contributed by atoms with Crippen molar-refractivity contribution in [3.05, 3.63) is 12.7 Å². The minimum Gasteiger partial charge on any atom is -0.308 e. The predicted octanol–water partition coefficient (Wildman–Crippen LogP) is 2.09. The van der Waals surface area contributed by atoms with E-state index >= 15 is 0 Å². The Labute approximate surface area is 63.5 Å². The van der Waals surface area contributed by atoms with Gasteiger partial charge in [0.25, 0.3) is 0 Å². The highest BCUT2D eigenvalue weighted by Gasteiger charge is 2.33. The molecule has 1 N–H and O–H groups in total. The Bertz CT molecular complexity index is 108. The van der Waals surface area contributed by atoms with E-state index in [0.717, 1.165) is 6.54 Å². The summed E-state index contributed by atoms with van der Waals surface area (Å²) >= 11 is 0. The van der Waals surface area contributed by atoms with Gasteiger partial charge in [0.05, 0.1) is 0 Å². The van der Waals surface area contributed by atoms with E-state index in [1.54, 1.807) is 0 Å². The van der Waals surface area contributed by atoms with Crippen molar-refractivity contribution in [2.24, 2.45) is 0 Å². The van der Waals surface area contributed by atoms with Gasteiger partial charge in [-0.2, -0.15) is 0 Å². The Morgan fingerprint density at radius 3 is 2.60 bits per heavy atom. The lowest BCUT2D eigenvalue weighted by Gasteiger charge is -2.42. The molecule has 1 aliphatic carbocycles. The van der Waals surface area contributed by atoms with Gasteiger partial charge >= 0.3 is 0 Å². The number of hydrogen-bond donors (Lipinski definition) is 1. The summed E-state index contributed by atoms with van der Waals surface area (Å²) in [4.78, 5) is 0. The lowest BCUT2D eigenvalue weighted by atomic mass is 9.75. The van der Waals surface area contributed by atoms with Gasteiger partial charge < -0.3 is 5.32 Å². The fourth-order valence-corrected chi connectivity index (χ4v) is 1.55. The third-order valence-electron chi connectivity index (χ3n) is 2.61. The summed E-state index contributed by atoms with van der Waals surface area (Å²) in [7, 11) is 0. The van der Waals surface area contributed by atoms with Crippen LogP contribution in [0.5, 0.6) is 0 Å². The van der Waals surface area contributed by atoms with E-state index in [4.69, 9.17) is 0 Å². The average Bonchev–Trinajstić information content (AvgIpc) is 1.87. The van der Waals surface area contributed by atoms with E-state index in [1.165, 1.54) is 25.7 Å². The molecule has 0 spiro atoms. The molecule has 0 unspecified atom stereocenters. The van der Waals surface area contributed by atoms with Crippen LogP contribution in [-0.2, 0) is 0 Å². The van der Waals surface area contributed by atoms with Crippen molar-refractivity contribution in [1.29, 1.82) is 0 Å². The van der Waals surface area contributed by atoms with Crippen LogP contribution in [0.4, 0.5) is 0 Å². The van der Waals surface area contributed by atoms with Crippen molar-refractivity contribution in [3.63, 3.8) is 0 Å². The monoisotopic (exact) mass is 139 g/mol. The minimum atomic E-state index is 0.494. The van der Waals surface area contributed by atoms with Gasteiger partial charge in [-0.05, 0) is 25.7 Å². The second kappa shape index (κ2) is 3.20. The zero-order chi connectivity index (χ0) is 7.45. The van der Waals surface area contributed by atoms with Crippen molar-refractivity contribution in [2.45, 2.75) is 38.1 Å². The molecule has 0 bridgehead atoms. The first-order chi connectivity index (χ1) is 4.83. The fourth-order valence-electron chi connectivity index (χ4n) is 1.55. The maximum Gasteiger partial charge on any atom is 0.0181 e. The average molecular weight is 139 g/mol. The summed E-state index contributed by atoms with van der Waals surface area (Å²) in [5, 5.41) is 3.51. The second-order valence-electron chi connectivity index (χ2n) is 3.16. The summed E-state index contributed by atoms with van der Waals surface area (Å²) in [5.41, 5.74) is 0.494. The Balaban J connectivity index is 2.26. The van der Waals surface area contributed by atoms with Crippen LogP contribution in [0.3, 0.4) is 0 Å². The van der Waals surface area contributed by atoms with E-state index < -0.39 is 0 Å². The van der Waals surface area contributed by atoms with Gasteiger partial charge in [-0.1, -0.05) is 13.0 Å². The van der Waals surface area contributed by atoms with Crippen molar-refractivity contribution >= 4 is 0 Å². The molecule has 0 aliphatic heterocycles. The molecular formula is C9H17N. The summed E-state index contributed by atoms with van der Waals surface area (Å²) < 4.78 is 0. The summed E-state index contributed by atoms with van der Waals surface area (Å²) in [5.74, 6) is 0. The van der Waals surface area contributed by atoms with Crippen LogP contribution < -0.4 is 5.32 Å². The Morgan fingerprint density at radius 1 is 1.60 bits per heavy atom. The predicted molar refractivity (Wildman–Crippen MR) is 45.1 cm³/mol. The molecule has 0 atom stereocenters. The molecule has 1 nitrogen and oxygen atoms in total. The molecule has 0 radical (unpaired) electrons. The molecule has 1 saturated carbocycles. The van der Waals surface area contributed by atoms with Gasteiger partial charge in [-0.3, -0.25) is 0 Å². The summed E-state index contributed by atoms with van der Waals surface area (Å²) in [6, 6.07) is 0. The third kappa shape index (κ3) is 1.40. The largest absolute Gasteiger partial charge is 0.308 e.